The van der Waals surface area contributed by atoms with Crippen molar-refractivity contribution < 1.29 is 4.39 Å². The molecule has 2 atom stereocenters. The Bertz CT molecular complexity index is 426. The fourth-order valence-corrected chi connectivity index (χ4v) is 3.52. The Kier molecular flexibility index (Phi) is 4.34. The van der Waals surface area contributed by atoms with E-state index in [1.54, 1.807) is 12.1 Å². The van der Waals surface area contributed by atoms with Crippen LogP contribution < -0.4 is 5.32 Å². The van der Waals surface area contributed by atoms with Gasteiger partial charge < -0.3 is 5.32 Å². The molecule has 4 heteroatoms. The van der Waals surface area contributed by atoms with Crippen molar-refractivity contribution in [3.63, 3.8) is 0 Å². The third-order valence-corrected chi connectivity index (χ3v) is 4.62. The second-order valence-electron chi connectivity index (χ2n) is 5.90. The van der Waals surface area contributed by atoms with Crippen LogP contribution in [0.5, 0.6) is 0 Å². The first kappa shape index (κ1) is 14.0. The van der Waals surface area contributed by atoms with Crippen LogP contribution in [0, 0.1) is 5.82 Å². The zero-order valence-electron chi connectivity index (χ0n) is 12.2. The van der Waals surface area contributed by atoms with Crippen molar-refractivity contribution in [1.82, 2.24) is 15.1 Å². The summed E-state index contributed by atoms with van der Waals surface area (Å²) in [6, 6.07) is 7.99. The highest BCUT2D eigenvalue weighted by molar-refractivity contribution is 5.18. The van der Waals surface area contributed by atoms with Gasteiger partial charge in [-0.3, -0.25) is 9.80 Å². The maximum Gasteiger partial charge on any atom is 0.123 e. The molecule has 3 heterocycles. The number of halogens is 1. The molecule has 1 aromatic rings. The number of fused-ring (bicyclic) bond motifs is 3. The molecule has 1 N–H and O–H groups in total. The molecule has 20 heavy (non-hydrogen) atoms. The normalized spacial score (nSPS) is 30.4. The molecule has 0 saturated carbocycles. The van der Waals surface area contributed by atoms with Gasteiger partial charge >= 0.3 is 0 Å². The summed E-state index contributed by atoms with van der Waals surface area (Å²) in [4.78, 5) is 5.19. The van der Waals surface area contributed by atoms with Gasteiger partial charge in [0.1, 0.15) is 5.82 Å². The third-order valence-electron chi connectivity index (χ3n) is 4.62. The minimum absolute atomic E-state index is 0.152. The summed E-state index contributed by atoms with van der Waals surface area (Å²) in [7, 11) is 0. The number of likely N-dealkylation sites (N-methyl/N-ethyl adjacent to an activating group) is 1. The Morgan fingerprint density at radius 1 is 1.20 bits per heavy atom. The largest absolute Gasteiger partial charge is 0.312 e. The highest BCUT2D eigenvalue weighted by atomic mass is 19.1. The monoisotopic (exact) mass is 277 g/mol. The van der Waals surface area contributed by atoms with Gasteiger partial charge in [-0.1, -0.05) is 19.1 Å². The standard InChI is InChI=1S/C16H24FN3/c1-2-18-15(11-13-3-5-14(17)6-4-13)16-12-19-7-9-20(16)10-8-19/h3-6,15-16,18H,2,7-12H2,1H3. The summed E-state index contributed by atoms with van der Waals surface area (Å²) < 4.78 is 13.0. The van der Waals surface area contributed by atoms with Crippen LogP contribution in [0.1, 0.15) is 12.5 Å². The summed E-state index contributed by atoms with van der Waals surface area (Å²) in [5, 5.41) is 3.64. The number of benzene rings is 1. The molecule has 3 nitrogen and oxygen atoms in total. The molecule has 3 saturated heterocycles. The highest BCUT2D eigenvalue weighted by Crippen LogP contribution is 2.20. The predicted molar refractivity (Wildman–Crippen MR) is 79.4 cm³/mol. The minimum Gasteiger partial charge on any atom is -0.312 e. The Morgan fingerprint density at radius 2 is 1.90 bits per heavy atom. The lowest BCUT2D eigenvalue weighted by molar-refractivity contribution is -0.00289. The van der Waals surface area contributed by atoms with Crippen molar-refractivity contribution in [3.05, 3.63) is 35.6 Å². The Labute approximate surface area is 120 Å². The van der Waals surface area contributed by atoms with Gasteiger partial charge in [-0.05, 0) is 30.7 Å². The minimum atomic E-state index is -0.152. The number of rotatable bonds is 5. The molecule has 2 unspecified atom stereocenters. The van der Waals surface area contributed by atoms with Gasteiger partial charge in [0.25, 0.3) is 0 Å². The summed E-state index contributed by atoms with van der Waals surface area (Å²) in [5.74, 6) is -0.152. The smallest absolute Gasteiger partial charge is 0.123 e. The molecule has 110 valence electrons. The van der Waals surface area contributed by atoms with Gasteiger partial charge in [0.2, 0.25) is 0 Å². The molecule has 3 aliphatic heterocycles. The Morgan fingerprint density at radius 3 is 2.45 bits per heavy atom. The number of hydrogen-bond acceptors (Lipinski definition) is 3. The second-order valence-corrected chi connectivity index (χ2v) is 5.90. The second kappa shape index (κ2) is 6.20. The molecule has 0 radical (unpaired) electrons. The van der Waals surface area contributed by atoms with Crippen LogP contribution in [0.25, 0.3) is 0 Å². The van der Waals surface area contributed by atoms with Gasteiger partial charge in [-0.2, -0.15) is 0 Å². The maximum atomic E-state index is 13.0. The predicted octanol–water partition coefficient (Wildman–Crippen LogP) is 1.35. The molecule has 0 aromatic heterocycles. The van der Waals surface area contributed by atoms with E-state index in [1.165, 1.54) is 38.3 Å². The zero-order chi connectivity index (χ0) is 13.9. The lowest BCUT2D eigenvalue weighted by Crippen LogP contribution is -2.66. The molecule has 3 aliphatic rings. The van der Waals surface area contributed by atoms with Crippen LogP contribution in [-0.2, 0) is 6.42 Å². The van der Waals surface area contributed by atoms with Crippen molar-refractivity contribution in [1.29, 1.82) is 0 Å². The fraction of sp³-hybridized carbons (Fsp3) is 0.625. The third kappa shape index (κ3) is 3.03. The van der Waals surface area contributed by atoms with Gasteiger partial charge in [-0.25, -0.2) is 4.39 Å². The average Bonchev–Trinajstić information content (AvgIpc) is 2.50. The van der Waals surface area contributed by atoms with Crippen molar-refractivity contribution in [2.24, 2.45) is 0 Å². The van der Waals surface area contributed by atoms with Crippen molar-refractivity contribution >= 4 is 0 Å². The molecule has 0 aliphatic carbocycles. The van der Waals surface area contributed by atoms with Crippen molar-refractivity contribution in [2.45, 2.75) is 25.4 Å². The first-order chi connectivity index (χ1) is 9.76. The first-order valence-corrected chi connectivity index (χ1v) is 7.70. The van der Waals surface area contributed by atoms with E-state index in [0.717, 1.165) is 13.0 Å². The van der Waals surface area contributed by atoms with E-state index >= 15 is 0 Å². The van der Waals surface area contributed by atoms with Crippen molar-refractivity contribution in [3.8, 4) is 0 Å². The highest BCUT2D eigenvalue weighted by Gasteiger charge is 2.36. The summed E-state index contributed by atoms with van der Waals surface area (Å²) >= 11 is 0. The number of nitrogens with zero attached hydrogens (tertiary/aromatic N) is 2. The number of hydrogen-bond donors (Lipinski definition) is 1. The van der Waals surface area contributed by atoms with Gasteiger partial charge in [-0.15, -0.1) is 0 Å². The molecule has 1 aromatic carbocycles. The van der Waals surface area contributed by atoms with E-state index in [-0.39, 0.29) is 5.82 Å². The lowest BCUT2D eigenvalue weighted by atomic mass is 9.94. The van der Waals surface area contributed by atoms with Gasteiger partial charge in [0, 0.05) is 44.8 Å². The van der Waals surface area contributed by atoms with Crippen molar-refractivity contribution in [2.75, 3.05) is 39.3 Å². The van der Waals surface area contributed by atoms with Crippen LogP contribution in [0.2, 0.25) is 0 Å². The van der Waals surface area contributed by atoms with E-state index in [0.29, 0.717) is 12.1 Å². The van der Waals surface area contributed by atoms with Crippen LogP contribution in [0.15, 0.2) is 24.3 Å². The molecule has 4 rings (SSSR count). The lowest BCUT2D eigenvalue weighted by Gasteiger charge is -2.50. The average molecular weight is 277 g/mol. The van der Waals surface area contributed by atoms with Gasteiger partial charge in [0.05, 0.1) is 0 Å². The molecule has 0 amide bonds. The molecule has 2 bridgehead atoms. The molecular weight excluding hydrogens is 253 g/mol. The van der Waals surface area contributed by atoms with Crippen LogP contribution in [0.4, 0.5) is 4.39 Å². The van der Waals surface area contributed by atoms with E-state index in [9.17, 15) is 4.39 Å². The summed E-state index contributed by atoms with van der Waals surface area (Å²) in [5.41, 5.74) is 1.22. The first-order valence-electron chi connectivity index (χ1n) is 7.70. The van der Waals surface area contributed by atoms with E-state index in [1.807, 2.05) is 12.1 Å². The number of piperazine rings is 3. The van der Waals surface area contributed by atoms with E-state index in [2.05, 4.69) is 22.0 Å². The molecule has 0 spiro atoms. The maximum absolute atomic E-state index is 13.0. The summed E-state index contributed by atoms with van der Waals surface area (Å²) in [6.07, 6.45) is 0.975. The fourth-order valence-electron chi connectivity index (χ4n) is 3.52. The summed E-state index contributed by atoms with van der Waals surface area (Å²) in [6.45, 7) is 9.12. The Hall–Kier alpha value is -0.970. The molecular formula is C16H24FN3. The number of nitrogens with one attached hydrogen (secondary N) is 1. The van der Waals surface area contributed by atoms with Crippen LogP contribution >= 0.6 is 0 Å². The SMILES string of the molecule is CCNC(Cc1ccc(F)cc1)C1CN2CCN1CC2. The van der Waals surface area contributed by atoms with Crippen LogP contribution in [0.3, 0.4) is 0 Å². The van der Waals surface area contributed by atoms with E-state index < -0.39 is 0 Å². The van der Waals surface area contributed by atoms with Crippen LogP contribution in [-0.4, -0.2) is 61.2 Å². The zero-order valence-corrected chi connectivity index (χ0v) is 12.2. The Balaban J connectivity index is 1.70. The van der Waals surface area contributed by atoms with E-state index in [4.69, 9.17) is 0 Å². The quantitative estimate of drug-likeness (QED) is 0.876. The van der Waals surface area contributed by atoms with Gasteiger partial charge in [0.15, 0.2) is 0 Å². The topological polar surface area (TPSA) is 18.5 Å². The molecule has 3 fully saturated rings.